The van der Waals surface area contributed by atoms with Crippen molar-refractivity contribution >= 4 is 11.6 Å². The summed E-state index contributed by atoms with van der Waals surface area (Å²) in [6, 6.07) is 6.17. The summed E-state index contributed by atoms with van der Waals surface area (Å²) in [6.07, 6.45) is 4.92. The van der Waals surface area contributed by atoms with Crippen LogP contribution in [0.4, 0.5) is 11.6 Å². The van der Waals surface area contributed by atoms with Gasteiger partial charge in [0, 0.05) is 20.1 Å². The maximum atomic E-state index is 4.61. The molecule has 0 radical (unpaired) electrons. The third-order valence-corrected chi connectivity index (χ3v) is 2.88. The number of nitrogens with one attached hydrogen (secondary N) is 1. The van der Waals surface area contributed by atoms with E-state index in [0.717, 1.165) is 24.7 Å². The molecule has 0 unspecified atom stereocenters. The van der Waals surface area contributed by atoms with Crippen molar-refractivity contribution < 1.29 is 0 Å². The first-order valence-corrected chi connectivity index (χ1v) is 6.71. The number of hydrogen-bond donors (Lipinski definition) is 1. The van der Waals surface area contributed by atoms with Gasteiger partial charge in [-0.1, -0.05) is 32.8 Å². The van der Waals surface area contributed by atoms with Crippen LogP contribution in [0.2, 0.25) is 0 Å². The highest BCUT2D eigenvalue weighted by Gasteiger charge is 2.07. The molecule has 0 fully saturated rings. The van der Waals surface area contributed by atoms with Crippen LogP contribution in [0.1, 0.15) is 39.5 Å². The lowest BCUT2D eigenvalue weighted by molar-refractivity contribution is 0.671. The second-order valence-electron chi connectivity index (χ2n) is 4.33. The van der Waals surface area contributed by atoms with Crippen molar-refractivity contribution in [1.82, 2.24) is 4.98 Å². The molecule has 0 aromatic carbocycles. The average molecular weight is 235 g/mol. The van der Waals surface area contributed by atoms with Gasteiger partial charge in [0.2, 0.25) is 0 Å². The summed E-state index contributed by atoms with van der Waals surface area (Å²) in [5.74, 6) is 2.04. The Morgan fingerprint density at radius 1 is 1.12 bits per heavy atom. The van der Waals surface area contributed by atoms with Gasteiger partial charge in [0.15, 0.2) is 0 Å². The van der Waals surface area contributed by atoms with Crippen molar-refractivity contribution in [1.29, 1.82) is 0 Å². The van der Waals surface area contributed by atoms with Gasteiger partial charge >= 0.3 is 0 Å². The summed E-state index contributed by atoms with van der Waals surface area (Å²) < 4.78 is 0. The third-order valence-electron chi connectivity index (χ3n) is 2.88. The van der Waals surface area contributed by atoms with Crippen LogP contribution in [0, 0.1) is 0 Å². The lowest BCUT2D eigenvalue weighted by atomic mass is 10.2. The molecule has 0 saturated heterocycles. The molecule has 0 amide bonds. The number of aromatic nitrogens is 1. The van der Waals surface area contributed by atoms with E-state index in [2.05, 4.69) is 41.2 Å². The summed E-state index contributed by atoms with van der Waals surface area (Å²) in [4.78, 5) is 7.01. The fraction of sp³-hybridized carbons (Fsp3) is 0.643. The predicted octanol–water partition coefficient (Wildman–Crippen LogP) is 3.53. The molecule has 0 bridgehead atoms. The quantitative estimate of drug-likeness (QED) is 0.747. The summed E-state index contributed by atoms with van der Waals surface area (Å²) in [7, 11) is 1.91. The standard InChI is InChI=1S/C14H25N3/c1-4-6-11-17(12-7-5-2)14-10-8-9-13(15-3)16-14/h8-10H,4-7,11-12H2,1-3H3,(H,15,16). The minimum atomic E-state index is 0.945. The molecular formula is C14H25N3. The van der Waals surface area contributed by atoms with E-state index in [9.17, 15) is 0 Å². The van der Waals surface area contributed by atoms with Crippen LogP contribution >= 0.6 is 0 Å². The summed E-state index contributed by atoms with van der Waals surface area (Å²) >= 11 is 0. The Hall–Kier alpha value is -1.25. The molecular weight excluding hydrogens is 210 g/mol. The molecule has 0 saturated carbocycles. The van der Waals surface area contributed by atoms with Crippen LogP contribution in [0.3, 0.4) is 0 Å². The number of rotatable bonds is 8. The number of pyridine rings is 1. The van der Waals surface area contributed by atoms with E-state index in [4.69, 9.17) is 0 Å². The largest absolute Gasteiger partial charge is 0.373 e. The van der Waals surface area contributed by atoms with E-state index in [1.165, 1.54) is 25.7 Å². The molecule has 0 aliphatic carbocycles. The van der Waals surface area contributed by atoms with Crippen LogP contribution in [0.5, 0.6) is 0 Å². The highest BCUT2D eigenvalue weighted by atomic mass is 15.2. The highest BCUT2D eigenvalue weighted by molar-refractivity contribution is 5.46. The third kappa shape index (κ3) is 4.63. The first kappa shape index (κ1) is 13.8. The van der Waals surface area contributed by atoms with Gasteiger partial charge in [0.1, 0.15) is 11.6 Å². The van der Waals surface area contributed by atoms with Crippen molar-refractivity contribution in [2.24, 2.45) is 0 Å². The molecule has 0 aliphatic rings. The average Bonchev–Trinajstić information content (AvgIpc) is 2.39. The number of anilines is 2. The SMILES string of the molecule is CCCCN(CCCC)c1cccc(NC)n1. The monoisotopic (exact) mass is 235 g/mol. The molecule has 17 heavy (non-hydrogen) atoms. The molecule has 1 aromatic rings. The van der Waals surface area contributed by atoms with Crippen molar-refractivity contribution in [2.45, 2.75) is 39.5 Å². The summed E-state index contributed by atoms with van der Waals surface area (Å²) in [5, 5.41) is 3.10. The van der Waals surface area contributed by atoms with E-state index in [-0.39, 0.29) is 0 Å². The Labute approximate surface area is 105 Å². The zero-order chi connectivity index (χ0) is 12.5. The molecule has 1 rings (SSSR count). The molecule has 1 aromatic heterocycles. The maximum absolute atomic E-state index is 4.61. The first-order valence-electron chi connectivity index (χ1n) is 6.71. The van der Waals surface area contributed by atoms with Gasteiger partial charge in [0.05, 0.1) is 0 Å². The van der Waals surface area contributed by atoms with Crippen LogP contribution in [-0.4, -0.2) is 25.1 Å². The van der Waals surface area contributed by atoms with Gasteiger partial charge in [0.25, 0.3) is 0 Å². The van der Waals surface area contributed by atoms with Crippen LogP contribution < -0.4 is 10.2 Å². The summed E-state index contributed by atoms with van der Waals surface area (Å²) in [6.45, 7) is 6.68. The van der Waals surface area contributed by atoms with E-state index < -0.39 is 0 Å². The smallest absolute Gasteiger partial charge is 0.130 e. The van der Waals surface area contributed by atoms with E-state index in [1.807, 2.05) is 13.1 Å². The molecule has 1 heterocycles. The highest BCUT2D eigenvalue weighted by Crippen LogP contribution is 2.15. The Bertz CT molecular complexity index is 304. The van der Waals surface area contributed by atoms with Crippen molar-refractivity contribution in [3.05, 3.63) is 18.2 Å². The zero-order valence-corrected chi connectivity index (χ0v) is 11.4. The topological polar surface area (TPSA) is 28.2 Å². The molecule has 96 valence electrons. The van der Waals surface area contributed by atoms with Gasteiger partial charge in [-0.05, 0) is 25.0 Å². The minimum Gasteiger partial charge on any atom is -0.373 e. The maximum Gasteiger partial charge on any atom is 0.130 e. The first-order chi connectivity index (χ1) is 8.31. The summed E-state index contributed by atoms with van der Waals surface area (Å²) in [5.41, 5.74) is 0. The Morgan fingerprint density at radius 2 is 1.76 bits per heavy atom. The van der Waals surface area contributed by atoms with Gasteiger partial charge in [-0.2, -0.15) is 0 Å². The number of unbranched alkanes of at least 4 members (excludes halogenated alkanes) is 2. The molecule has 1 N–H and O–H groups in total. The Balaban J connectivity index is 2.71. The van der Waals surface area contributed by atoms with Crippen molar-refractivity contribution in [3.63, 3.8) is 0 Å². The zero-order valence-electron chi connectivity index (χ0n) is 11.4. The molecule has 0 aliphatic heterocycles. The Morgan fingerprint density at radius 3 is 2.29 bits per heavy atom. The normalized spacial score (nSPS) is 10.3. The fourth-order valence-corrected chi connectivity index (χ4v) is 1.78. The van der Waals surface area contributed by atoms with Crippen molar-refractivity contribution in [2.75, 3.05) is 30.4 Å². The van der Waals surface area contributed by atoms with E-state index in [0.29, 0.717) is 0 Å². The van der Waals surface area contributed by atoms with Crippen LogP contribution in [0.15, 0.2) is 18.2 Å². The van der Waals surface area contributed by atoms with Crippen molar-refractivity contribution in [3.8, 4) is 0 Å². The van der Waals surface area contributed by atoms with Gasteiger partial charge in [-0.15, -0.1) is 0 Å². The van der Waals surface area contributed by atoms with Crippen LogP contribution in [-0.2, 0) is 0 Å². The number of hydrogen-bond acceptors (Lipinski definition) is 3. The molecule has 3 heteroatoms. The second-order valence-corrected chi connectivity index (χ2v) is 4.33. The van der Waals surface area contributed by atoms with Gasteiger partial charge < -0.3 is 10.2 Å². The lowest BCUT2D eigenvalue weighted by Gasteiger charge is -2.23. The molecule has 0 spiro atoms. The fourth-order valence-electron chi connectivity index (χ4n) is 1.78. The van der Waals surface area contributed by atoms with E-state index >= 15 is 0 Å². The second kappa shape index (κ2) is 7.93. The number of nitrogens with zero attached hydrogens (tertiary/aromatic N) is 2. The van der Waals surface area contributed by atoms with E-state index in [1.54, 1.807) is 0 Å². The predicted molar refractivity (Wildman–Crippen MR) is 75.8 cm³/mol. The lowest BCUT2D eigenvalue weighted by Crippen LogP contribution is -2.26. The van der Waals surface area contributed by atoms with Gasteiger partial charge in [-0.25, -0.2) is 4.98 Å². The minimum absolute atomic E-state index is 0.945. The van der Waals surface area contributed by atoms with Crippen LogP contribution in [0.25, 0.3) is 0 Å². The van der Waals surface area contributed by atoms with Gasteiger partial charge in [-0.3, -0.25) is 0 Å². The molecule has 3 nitrogen and oxygen atoms in total. The molecule has 0 atom stereocenters. The Kier molecular flexibility index (Phi) is 6.45.